The van der Waals surface area contributed by atoms with Crippen molar-refractivity contribution in [1.29, 1.82) is 0 Å². The summed E-state index contributed by atoms with van der Waals surface area (Å²) in [6.07, 6.45) is 0. The topological polar surface area (TPSA) is 37.3 Å². The van der Waals surface area contributed by atoms with Crippen LogP contribution in [0.25, 0.3) is 0 Å². The van der Waals surface area contributed by atoms with Crippen LogP contribution in [0.1, 0.15) is 20.8 Å². The summed E-state index contributed by atoms with van der Waals surface area (Å²) in [6, 6.07) is 0. The quantitative estimate of drug-likeness (QED) is 0.584. The molecule has 0 rings (SSSR count). The second-order valence-corrected chi connectivity index (χ2v) is 7.27. The van der Waals surface area contributed by atoms with Gasteiger partial charge in [-0.3, -0.25) is 0 Å². The Hall–Kier alpha value is 0.650. The molecule has 0 heterocycles. The van der Waals surface area contributed by atoms with E-state index >= 15 is 0 Å². The average Bonchev–Trinajstić information content (AvgIpc) is 1.82. The number of carboxylic acid groups (broad SMARTS) is 1. The zero-order valence-electron chi connectivity index (χ0n) is 7.57. The Morgan fingerprint density at radius 3 is 1.77 bits per heavy atom. The Morgan fingerprint density at radius 2 is 1.69 bits per heavy atom. The van der Waals surface area contributed by atoms with E-state index in [0.29, 0.717) is 8.96 Å². The molecule has 0 saturated carbocycles. The van der Waals surface area contributed by atoms with Crippen LogP contribution in [0.2, 0.25) is 0 Å². The lowest BCUT2D eigenvalue weighted by Crippen LogP contribution is -2.26. The van der Waals surface area contributed by atoms with E-state index in [2.05, 4.69) is 47.8 Å². The SMILES string of the molecule is CC(C)(C)C(Br)C(C(=O)O)=C(Br)Br. The van der Waals surface area contributed by atoms with Crippen LogP contribution in [-0.4, -0.2) is 15.9 Å². The van der Waals surface area contributed by atoms with Crippen LogP contribution >= 0.6 is 47.8 Å². The van der Waals surface area contributed by atoms with Gasteiger partial charge in [-0.05, 0) is 37.3 Å². The van der Waals surface area contributed by atoms with Crippen LogP contribution in [0, 0.1) is 5.41 Å². The van der Waals surface area contributed by atoms with E-state index in [9.17, 15) is 4.79 Å². The standard InChI is InChI=1S/C8H11Br3O2/c1-8(2,3)5(9)4(6(10)11)7(12)13/h5H,1-3H3,(H,12,13). The maximum atomic E-state index is 10.9. The maximum absolute atomic E-state index is 10.9. The van der Waals surface area contributed by atoms with Crippen LogP contribution in [0.5, 0.6) is 0 Å². The molecule has 76 valence electrons. The van der Waals surface area contributed by atoms with Gasteiger partial charge in [0.2, 0.25) is 0 Å². The highest BCUT2D eigenvalue weighted by molar-refractivity contribution is 9.28. The van der Waals surface area contributed by atoms with E-state index in [4.69, 9.17) is 5.11 Å². The van der Waals surface area contributed by atoms with Crippen LogP contribution in [0.3, 0.4) is 0 Å². The van der Waals surface area contributed by atoms with Gasteiger partial charge in [-0.1, -0.05) is 36.7 Å². The van der Waals surface area contributed by atoms with Crippen LogP contribution in [-0.2, 0) is 4.79 Å². The minimum Gasteiger partial charge on any atom is -0.478 e. The van der Waals surface area contributed by atoms with Crippen molar-refractivity contribution >= 4 is 53.8 Å². The van der Waals surface area contributed by atoms with Gasteiger partial charge in [0, 0.05) is 0 Å². The minimum atomic E-state index is -0.930. The first-order valence-electron chi connectivity index (χ1n) is 3.60. The molecule has 5 heteroatoms. The molecule has 1 atom stereocenters. The van der Waals surface area contributed by atoms with Crippen molar-refractivity contribution in [2.24, 2.45) is 5.41 Å². The Balaban J connectivity index is 5.02. The molecular formula is C8H11Br3O2. The minimum absolute atomic E-state index is 0.138. The third-order valence-electron chi connectivity index (χ3n) is 1.45. The van der Waals surface area contributed by atoms with E-state index in [1.807, 2.05) is 20.8 Å². The monoisotopic (exact) mass is 376 g/mol. The van der Waals surface area contributed by atoms with E-state index < -0.39 is 5.97 Å². The lowest BCUT2D eigenvalue weighted by atomic mass is 9.88. The number of carbonyl (C=O) groups is 1. The summed E-state index contributed by atoms with van der Waals surface area (Å²) in [5.41, 5.74) is 0.160. The fraction of sp³-hybridized carbons (Fsp3) is 0.625. The van der Waals surface area contributed by atoms with Crippen molar-refractivity contribution in [3.8, 4) is 0 Å². The lowest BCUT2D eigenvalue weighted by Gasteiger charge is -2.26. The second-order valence-electron chi connectivity index (χ2n) is 3.71. The summed E-state index contributed by atoms with van der Waals surface area (Å²) in [4.78, 5) is 10.7. The lowest BCUT2D eigenvalue weighted by molar-refractivity contribution is -0.132. The molecule has 0 aliphatic carbocycles. The van der Waals surface area contributed by atoms with E-state index in [-0.39, 0.29) is 10.2 Å². The Bertz CT molecular complexity index is 236. The number of hydrogen-bond acceptors (Lipinski definition) is 1. The molecule has 13 heavy (non-hydrogen) atoms. The van der Waals surface area contributed by atoms with Crippen molar-refractivity contribution < 1.29 is 9.90 Å². The van der Waals surface area contributed by atoms with E-state index in [1.54, 1.807) is 0 Å². The van der Waals surface area contributed by atoms with Gasteiger partial charge in [0.25, 0.3) is 0 Å². The molecule has 0 bridgehead atoms. The summed E-state index contributed by atoms with van der Waals surface area (Å²) < 4.78 is 0.476. The molecule has 0 spiro atoms. The number of rotatable bonds is 2. The van der Waals surface area contributed by atoms with Crippen molar-refractivity contribution in [1.82, 2.24) is 0 Å². The third-order valence-corrected chi connectivity index (χ3v) is 4.13. The van der Waals surface area contributed by atoms with Crippen molar-refractivity contribution in [3.63, 3.8) is 0 Å². The van der Waals surface area contributed by atoms with Gasteiger partial charge < -0.3 is 5.11 Å². The van der Waals surface area contributed by atoms with E-state index in [0.717, 1.165) is 0 Å². The summed E-state index contributed by atoms with van der Waals surface area (Å²) in [7, 11) is 0. The van der Waals surface area contributed by atoms with Gasteiger partial charge in [0.1, 0.15) is 0 Å². The fourth-order valence-corrected chi connectivity index (χ4v) is 2.55. The molecule has 0 radical (unpaired) electrons. The molecule has 0 saturated heterocycles. The summed E-state index contributed by atoms with van der Waals surface area (Å²) in [5, 5.41) is 8.93. The van der Waals surface area contributed by atoms with Gasteiger partial charge in [-0.2, -0.15) is 0 Å². The van der Waals surface area contributed by atoms with Crippen LogP contribution < -0.4 is 0 Å². The highest BCUT2D eigenvalue weighted by atomic mass is 79.9. The molecule has 0 fully saturated rings. The predicted octanol–water partition coefficient (Wildman–Crippen LogP) is 3.88. The summed E-state index contributed by atoms with van der Waals surface area (Å²) in [6.45, 7) is 5.91. The van der Waals surface area contributed by atoms with Crippen LogP contribution in [0.15, 0.2) is 8.96 Å². The largest absolute Gasteiger partial charge is 0.478 e. The Labute approximate surface area is 103 Å². The van der Waals surface area contributed by atoms with Gasteiger partial charge in [-0.25, -0.2) is 4.79 Å². The van der Waals surface area contributed by atoms with E-state index in [1.165, 1.54) is 0 Å². The highest BCUT2D eigenvalue weighted by Crippen LogP contribution is 2.36. The Kier molecular flexibility index (Phi) is 5.18. The van der Waals surface area contributed by atoms with Crippen molar-refractivity contribution in [2.75, 3.05) is 0 Å². The Morgan fingerprint density at radius 1 is 1.31 bits per heavy atom. The maximum Gasteiger partial charge on any atom is 0.334 e. The zero-order chi connectivity index (χ0) is 10.8. The molecule has 0 aliphatic rings. The third kappa shape index (κ3) is 4.13. The number of aliphatic carboxylic acids is 1. The fourth-order valence-electron chi connectivity index (χ4n) is 0.718. The number of carboxylic acids is 1. The first-order valence-corrected chi connectivity index (χ1v) is 6.10. The molecule has 0 aromatic rings. The first-order chi connectivity index (χ1) is 5.68. The molecule has 0 aromatic carbocycles. The van der Waals surface area contributed by atoms with Crippen LogP contribution in [0.4, 0.5) is 0 Å². The molecule has 1 unspecified atom stereocenters. The molecule has 2 nitrogen and oxygen atoms in total. The smallest absolute Gasteiger partial charge is 0.334 e. The van der Waals surface area contributed by atoms with Crippen molar-refractivity contribution in [2.45, 2.75) is 25.6 Å². The normalized spacial score (nSPS) is 13.7. The highest BCUT2D eigenvalue weighted by Gasteiger charge is 2.30. The van der Waals surface area contributed by atoms with Gasteiger partial charge in [0.05, 0.1) is 13.8 Å². The van der Waals surface area contributed by atoms with Gasteiger partial charge in [-0.15, -0.1) is 0 Å². The molecule has 0 aromatic heterocycles. The second kappa shape index (κ2) is 4.94. The summed E-state index contributed by atoms with van der Waals surface area (Å²) in [5.74, 6) is -0.930. The van der Waals surface area contributed by atoms with Crippen molar-refractivity contribution in [3.05, 3.63) is 8.96 Å². The van der Waals surface area contributed by atoms with Gasteiger partial charge >= 0.3 is 5.97 Å². The number of halogens is 3. The number of hydrogen-bond donors (Lipinski definition) is 1. The number of alkyl halides is 1. The molecule has 0 amide bonds. The average molecular weight is 379 g/mol. The predicted molar refractivity (Wildman–Crippen MR) is 64.7 cm³/mol. The summed E-state index contributed by atoms with van der Waals surface area (Å²) >= 11 is 9.61. The molecular weight excluding hydrogens is 368 g/mol. The molecule has 1 N–H and O–H groups in total. The first kappa shape index (κ1) is 13.7. The molecule has 0 aliphatic heterocycles. The van der Waals surface area contributed by atoms with Gasteiger partial charge in [0.15, 0.2) is 0 Å². The zero-order valence-corrected chi connectivity index (χ0v) is 12.3.